The maximum Gasteiger partial charge on any atom is 0.305 e. The lowest BCUT2D eigenvalue weighted by molar-refractivity contribution is -0.385. The number of anilines is 1. The molecule has 1 N–H and O–H groups in total. The Morgan fingerprint density at radius 3 is 2.72 bits per heavy atom. The number of aromatic nitrogens is 4. The highest BCUT2D eigenvalue weighted by molar-refractivity contribution is 5.30. The van der Waals surface area contributed by atoms with Crippen molar-refractivity contribution in [3.63, 3.8) is 0 Å². The van der Waals surface area contributed by atoms with E-state index in [1.165, 1.54) is 12.4 Å². The van der Waals surface area contributed by atoms with Crippen LogP contribution in [0.15, 0.2) is 24.7 Å². The predicted octanol–water partition coefficient (Wildman–Crippen LogP) is 0.773. The zero-order valence-electron chi connectivity index (χ0n) is 9.78. The van der Waals surface area contributed by atoms with Crippen molar-refractivity contribution >= 4 is 11.6 Å². The second-order valence-corrected chi connectivity index (χ2v) is 3.68. The summed E-state index contributed by atoms with van der Waals surface area (Å²) in [6.07, 6.45) is 4.96. The minimum absolute atomic E-state index is 0.120. The molecule has 0 saturated carbocycles. The van der Waals surface area contributed by atoms with Crippen LogP contribution < -0.4 is 5.32 Å². The molecule has 0 aromatic carbocycles. The number of aryl methyl sites for hydroxylation is 1. The molecule has 8 heteroatoms. The van der Waals surface area contributed by atoms with E-state index >= 15 is 0 Å². The van der Waals surface area contributed by atoms with Gasteiger partial charge in [-0.05, 0) is 6.07 Å². The first kappa shape index (κ1) is 12.0. The van der Waals surface area contributed by atoms with Gasteiger partial charge in [-0.15, -0.1) is 0 Å². The topological polar surface area (TPSA) is 98.8 Å². The van der Waals surface area contributed by atoms with Gasteiger partial charge in [0.2, 0.25) is 5.95 Å². The Balaban J connectivity index is 1.85. The first-order valence-electron chi connectivity index (χ1n) is 5.34. The first-order valence-corrected chi connectivity index (χ1v) is 5.34. The van der Waals surface area contributed by atoms with Crippen LogP contribution >= 0.6 is 0 Å². The monoisotopic (exact) mass is 248 g/mol. The van der Waals surface area contributed by atoms with Crippen LogP contribution in [0.1, 0.15) is 5.69 Å². The maximum atomic E-state index is 10.4. The second-order valence-electron chi connectivity index (χ2n) is 3.68. The number of hydrogen-bond acceptors (Lipinski definition) is 6. The fraction of sp³-hybridized carbons (Fsp3) is 0.300. The van der Waals surface area contributed by atoms with Crippen LogP contribution in [0.25, 0.3) is 0 Å². The Morgan fingerprint density at radius 1 is 1.44 bits per heavy atom. The molecule has 0 spiro atoms. The molecule has 0 saturated heterocycles. The molecule has 0 aliphatic carbocycles. The summed E-state index contributed by atoms with van der Waals surface area (Å²) in [5.74, 6) is 0.372. The number of nitrogens with one attached hydrogen (secondary N) is 1. The van der Waals surface area contributed by atoms with Crippen molar-refractivity contribution in [2.75, 3.05) is 11.9 Å². The summed E-state index contributed by atoms with van der Waals surface area (Å²) >= 11 is 0. The van der Waals surface area contributed by atoms with Crippen LogP contribution in [0.4, 0.5) is 11.6 Å². The average Bonchev–Trinajstić information content (AvgIpc) is 2.76. The third kappa shape index (κ3) is 3.00. The molecule has 0 bridgehead atoms. The van der Waals surface area contributed by atoms with E-state index in [9.17, 15) is 10.1 Å². The summed E-state index contributed by atoms with van der Waals surface area (Å²) in [4.78, 5) is 17.6. The van der Waals surface area contributed by atoms with Gasteiger partial charge in [0.15, 0.2) is 0 Å². The van der Waals surface area contributed by atoms with Crippen LogP contribution in [-0.4, -0.2) is 31.2 Å². The summed E-state index contributed by atoms with van der Waals surface area (Å²) in [5.41, 5.74) is 0.845. The van der Waals surface area contributed by atoms with E-state index < -0.39 is 4.92 Å². The van der Waals surface area contributed by atoms with Gasteiger partial charge in [-0.1, -0.05) is 0 Å². The van der Waals surface area contributed by atoms with Gasteiger partial charge in [-0.2, -0.15) is 5.10 Å². The van der Waals surface area contributed by atoms with E-state index in [0.717, 1.165) is 12.1 Å². The standard InChI is InChI=1S/C10H12N6O2/c1-15-5-3-8(14-15)2-4-11-10-12-6-9(7-13-10)16(17)18/h3,5-7H,2,4H2,1H3,(H,11,12,13). The lowest BCUT2D eigenvalue weighted by Crippen LogP contribution is -2.08. The molecule has 2 aromatic rings. The molecule has 18 heavy (non-hydrogen) atoms. The third-order valence-corrected chi connectivity index (χ3v) is 2.28. The molecule has 0 aliphatic heterocycles. The van der Waals surface area contributed by atoms with E-state index in [0.29, 0.717) is 12.5 Å². The molecule has 0 unspecified atom stereocenters. The van der Waals surface area contributed by atoms with Gasteiger partial charge in [-0.3, -0.25) is 14.8 Å². The zero-order valence-corrected chi connectivity index (χ0v) is 9.78. The number of nitrogens with zero attached hydrogens (tertiary/aromatic N) is 5. The van der Waals surface area contributed by atoms with Gasteiger partial charge in [0.25, 0.3) is 0 Å². The fourth-order valence-corrected chi connectivity index (χ4v) is 1.41. The van der Waals surface area contributed by atoms with Crippen LogP contribution in [0.5, 0.6) is 0 Å². The first-order chi connectivity index (χ1) is 8.65. The highest BCUT2D eigenvalue weighted by Gasteiger charge is 2.06. The van der Waals surface area contributed by atoms with Crippen molar-refractivity contribution in [2.24, 2.45) is 7.05 Å². The van der Waals surface area contributed by atoms with Crippen molar-refractivity contribution in [1.29, 1.82) is 0 Å². The van der Waals surface area contributed by atoms with Crippen LogP contribution in [-0.2, 0) is 13.5 Å². The highest BCUT2D eigenvalue weighted by Crippen LogP contribution is 2.08. The van der Waals surface area contributed by atoms with Gasteiger partial charge in [0.05, 0.1) is 10.6 Å². The lowest BCUT2D eigenvalue weighted by atomic mass is 10.3. The maximum absolute atomic E-state index is 10.4. The molecule has 2 heterocycles. The average molecular weight is 248 g/mol. The number of rotatable bonds is 5. The molecular formula is C10H12N6O2. The Morgan fingerprint density at radius 2 is 2.17 bits per heavy atom. The van der Waals surface area contributed by atoms with Gasteiger partial charge in [-0.25, -0.2) is 9.97 Å². The van der Waals surface area contributed by atoms with Gasteiger partial charge in [0.1, 0.15) is 12.4 Å². The Kier molecular flexibility index (Phi) is 3.46. The highest BCUT2D eigenvalue weighted by atomic mass is 16.6. The summed E-state index contributed by atoms with van der Waals surface area (Å²) < 4.78 is 1.73. The minimum atomic E-state index is -0.530. The molecule has 0 amide bonds. The van der Waals surface area contributed by atoms with Gasteiger partial charge in [0, 0.05) is 26.2 Å². The molecule has 8 nitrogen and oxygen atoms in total. The summed E-state index contributed by atoms with van der Waals surface area (Å²) in [6, 6.07) is 1.93. The van der Waals surface area contributed by atoms with E-state index in [-0.39, 0.29) is 5.69 Å². The van der Waals surface area contributed by atoms with Crippen molar-refractivity contribution in [2.45, 2.75) is 6.42 Å². The third-order valence-electron chi connectivity index (χ3n) is 2.28. The number of hydrogen-bond donors (Lipinski definition) is 1. The summed E-state index contributed by atoms with van der Waals surface area (Å²) in [6.45, 7) is 0.620. The fourth-order valence-electron chi connectivity index (χ4n) is 1.41. The molecule has 0 fully saturated rings. The predicted molar refractivity (Wildman–Crippen MR) is 64.1 cm³/mol. The Labute approximate surface area is 103 Å². The van der Waals surface area contributed by atoms with E-state index in [1.807, 2.05) is 19.3 Å². The Hall–Kier alpha value is -2.51. The number of nitro groups is 1. The van der Waals surface area contributed by atoms with Crippen LogP contribution in [0.3, 0.4) is 0 Å². The quantitative estimate of drug-likeness (QED) is 0.620. The van der Waals surface area contributed by atoms with Crippen molar-refractivity contribution in [3.8, 4) is 0 Å². The normalized spacial score (nSPS) is 10.3. The summed E-state index contributed by atoms with van der Waals surface area (Å²) in [5, 5.41) is 17.6. The minimum Gasteiger partial charge on any atom is -0.354 e. The largest absolute Gasteiger partial charge is 0.354 e. The molecule has 0 atom stereocenters. The molecular weight excluding hydrogens is 236 g/mol. The molecule has 94 valence electrons. The molecule has 0 radical (unpaired) electrons. The van der Waals surface area contributed by atoms with E-state index in [2.05, 4.69) is 20.4 Å². The van der Waals surface area contributed by atoms with Crippen molar-refractivity contribution < 1.29 is 4.92 Å². The summed E-state index contributed by atoms with van der Waals surface area (Å²) in [7, 11) is 1.86. The molecule has 0 aliphatic rings. The SMILES string of the molecule is Cn1ccc(CCNc2ncc([N+](=O)[O-])cn2)n1. The van der Waals surface area contributed by atoms with Gasteiger partial charge < -0.3 is 5.32 Å². The molecule has 2 aromatic heterocycles. The van der Waals surface area contributed by atoms with Crippen LogP contribution in [0, 0.1) is 10.1 Å². The van der Waals surface area contributed by atoms with E-state index in [1.54, 1.807) is 4.68 Å². The smallest absolute Gasteiger partial charge is 0.305 e. The molecule has 2 rings (SSSR count). The van der Waals surface area contributed by atoms with E-state index in [4.69, 9.17) is 0 Å². The van der Waals surface area contributed by atoms with Crippen molar-refractivity contribution in [1.82, 2.24) is 19.7 Å². The lowest BCUT2D eigenvalue weighted by Gasteiger charge is -2.02. The Bertz CT molecular complexity index is 536. The zero-order chi connectivity index (χ0) is 13.0. The second kappa shape index (κ2) is 5.21. The van der Waals surface area contributed by atoms with Crippen molar-refractivity contribution in [3.05, 3.63) is 40.5 Å². The van der Waals surface area contributed by atoms with Crippen LogP contribution in [0.2, 0.25) is 0 Å². The van der Waals surface area contributed by atoms with Gasteiger partial charge >= 0.3 is 5.69 Å².